The Labute approximate surface area is 126 Å². The molecule has 0 aromatic heterocycles. The lowest BCUT2D eigenvalue weighted by Crippen LogP contribution is -2.17. The van der Waals surface area contributed by atoms with Crippen LogP contribution in [0.25, 0.3) is 0 Å². The van der Waals surface area contributed by atoms with Crippen molar-refractivity contribution in [3.8, 4) is 11.5 Å². The van der Waals surface area contributed by atoms with E-state index in [1.54, 1.807) is 0 Å². The monoisotopic (exact) mass is 310 g/mol. The van der Waals surface area contributed by atoms with E-state index in [1.165, 1.54) is 6.07 Å². The molecule has 110 valence electrons. The minimum Gasteiger partial charge on any atom is -0.486 e. The van der Waals surface area contributed by atoms with Gasteiger partial charge in [0.2, 0.25) is 0 Å². The minimum absolute atomic E-state index is 0.374. The number of hydrogen-bond donors (Lipinski definition) is 0. The van der Waals surface area contributed by atoms with Gasteiger partial charge in [-0.2, -0.15) is 0 Å². The first-order chi connectivity index (χ1) is 10.1. The summed E-state index contributed by atoms with van der Waals surface area (Å²) in [5.41, 5.74) is 1.42. The van der Waals surface area contributed by atoms with Crippen molar-refractivity contribution < 1.29 is 18.3 Å². The number of para-hydroxylation sites is 1. The summed E-state index contributed by atoms with van der Waals surface area (Å²) >= 11 is 6.42. The SMILES string of the molecule is Fc1ccc(CC(Cl)c2cccc3c2OCCO3)cc1F. The molecule has 2 aromatic rings. The molecule has 0 saturated heterocycles. The summed E-state index contributed by atoms with van der Waals surface area (Å²) < 4.78 is 37.3. The Kier molecular flexibility index (Phi) is 3.97. The van der Waals surface area contributed by atoms with Crippen LogP contribution in [0.2, 0.25) is 0 Å². The van der Waals surface area contributed by atoms with Crippen molar-refractivity contribution in [3.05, 3.63) is 59.2 Å². The van der Waals surface area contributed by atoms with Gasteiger partial charge < -0.3 is 9.47 Å². The molecule has 0 N–H and O–H groups in total. The smallest absolute Gasteiger partial charge is 0.166 e. The van der Waals surface area contributed by atoms with Gasteiger partial charge in [0.05, 0.1) is 5.38 Å². The van der Waals surface area contributed by atoms with Crippen molar-refractivity contribution in [1.82, 2.24) is 0 Å². The highest BCUT2D eigenvalue weighted by Crippen LogP contribution is 2.40. The van der Waals surface area contributed by atoms with Gasteiger partial charge in [-0.05, 0) is 30.2 Å². The van der Waals surface area contributed by atoms with Gasteiger partial charge in [0.25, 0.3) is 0 Å². The Morgan fingerprint density at radius 3 is 2.67 bits per heavy atom. The standard InChI is InChI=1S/C16H13ClF2O2/c17-12(8-10-4-5-13(18)14(19)9-10)11-2-1-3-15-16(11)21-7-6-20-15/h1-5,9,12H,6-8H2. The highest BCUT2D eigenvalue weighted by Gasteiger charge is 2.21. The summed E-state index contributed by atoms with van der Waals surface area (Å²) in [7, 11) is 0. The maximum atomic E-state index is 13.2. The van der Waals surface area contributed by atoms with Gasteiger partial charge in [-0.25, -0.2) is 8.78 Å². The lowest BCUT2D eigenvalue weighted by atomic mass is 10.0. The third-order valence-electron chi connectivity index (χ3n) is 3.33. The molecule has 0 saturated carbocycles. The summed E-state index contributed by atoms with van der Waals surface area (Å²) in [5.74, 6) is -0.439. The number of benzene rings is 2. The number of hydrogen-bond acceptors (Lipinski definition) is 2. The van der Waals surface area contributed by atoms with E-state index in [1.807, 2.05) is 18.2 Å². The van der Waals surface area contributed by atoms with Crippen molar-refractivity contribution >= 4 is 11.6 Å². The van der Waals surface area contributed by atoms with Gasteiger partial charge in [-0.3, -0.25) is 0 Å². The molecule has 0 radical (unpaired) electrons. The normalized spacial score (nSPS) is 14.8. The number of fused-ring (bicyclic) bond motifs is 1. The second kappa shape index (κ2) is 5.90. The molecule has 0 fully saturated rings. The molecular formula is C16H13ClF2O2. The first kappa shape index (κ1) is 14.1. The molecule has 2 nitrogen and oxygen atoms in total. The highest BCUT2D eigenvalue weighted by molar-refractivity contribution is 6.21. The van der Waals surface area contributed by atoms with Crippen molar-refractivity contribution in [2.75, 3.05) is 13.2 Å². The van der Waals surface area contributed by atoms with Crippen LogP contribution in [0.1, 0.15) is 16.5 Å². The van der Waals surface area contributed by atoms with Gasteiger partial charge in [0.1, 0.15) is 13.2 Å². The van der Waals surface area contributed by atoms with E-state index >= 15 is 0 Å². The van der Waals surface area contributed by atoms with E-state index < -0.39 is 17.0 Å². The summed E-state index contributed by atoms with van der Waals surface area (Å²) in [4.78, 5) is 0. The lowest BCUT2D eigenvalue weighted by molar-refractivity contribution is 0.170. The van der Waals surface area contributed by atoms with Crippen molar-refractivity contribution in [2.24, 2.45) is 0 Å². The molecule has 5 heteroatoms. The van der Waals surface area contributed by atoms with E-state index in [0.29, 0.717) is 36.7 Å². The van der Waals surface area contributed by atoms with Crippen LogP contribution in [0.15, 0.2) is 36.4 Å². The van der Waals surface area contributed by atoms with Crippen LogP contribution in [0.3, 0.4) is 0 Å². The average molecular weight is 311 g/mol. The van der Waals surface area contributed by atoms with Crippen LogP contribution in [0.4, 0.5) is 8.78 Å². The van der Waals surface area contributed by atoms with Gasteiger partial charge >= 0.3 is 0 Å². The number of rotatable bonds is 3. The predicted octanol–water partition coefficient (Wildman–Crippen LogP) is 4.26. The molecule has 0 spiro atoms. The van der Waals surface area contributed by atoms with E-state index in [0.717, 1.165) is 17.7 Å². The lowest BCUT2D eigenvalue weighted by Gasteiger charge is -2.22. The van der Waals surface area contributed by atoms with Crippen molar-refractivity contribution in [3.63, 3.8) is 0 Å². The van der Waals surface area contributed by atoms with Crippen LogP contribution in [0, 0.1) is 11.6 Å². The Morgan fingerprint density at radius 2 is 1.86 bits per heavy atom. The average Bonchev–Trinajstić information content (AvgIpc) is 2.50. The van der Waals surface area contributed by atoms with Gasteiger partial charge in [0.15, 0.2) is 23.1 Å². The molecule has 3 rings (SSSR count). The molecule has 1 atom stereocenters. The summed E-state index contributed by atoms with van der Waals surface area (Å²) in [6.45, 7) is 0.978. The van der Waals surface area contributed by atoms with Crippen molar-refractivity contribution in [2.45, 2.75) is 11.8 Å². The fraction of sp³-hybridized carbons (Fsp3) is 0.250. The Bertz CT molecular complexity index is 661. The second-order valence-corrected chi connectivity index (χ2v) is 5.32. The largest absolute Gasteiger partial charge is 0.486 e. The molecule has 0 aliphatic carbocycles. The van der Waals surface area contributed by atoms with E-state index in [-0.39, 0.29) is 0 Å². The first-order valence-corrected chi connectivity index (χ1v) is 7.05. The van der Waals surface area contributed by atoms with Crippen LogP contribution < -0.4 is 9.47 Å². The highest BCUT2D eigenvalue weighted by atomic mass is 35.5. The zero-order valence-electron chi connectivity index (χ0n) is 11.1. The molecule has 21 heavy (non-hydrogen) atoms. The zero-order chi connectivity index (χ0) is 14.8. The Morgan fingerprint density at radius 1 is 1.05 bits per heavy atom. The quantitative estimate of drug-likeness (QED) is 0.789. The summed E-state index contributed by atoms with van der Waals surface area (Å²) in [5, 5.41) is -0.411. The first-order valence-electron chi connectivity index (χ1n) is 6.61. The van der Waals surface area contributed by atoms with Gasteiger partial charge in [0, 0.05) is 5.56 Å². The number of alkyl halides is 1. The molecule has 1 unspecified atom stereocenters. The van der Waals surface area contributed by atoms with E-state index in [4.69, 9.17) is 21.1 Å². The van der Waals surface area contributed by atoms with Crippen LogP contribution in [-0.2, 0) is 6.42 Å². The molecule has 1 aliphatic heterocycles. The number of ether oxygens (including phenoxy) is 2. The topological polar surface area (TPSA) is 18.5 Å². The van der Waals surface area contributed by atoms with Crippen molar-refractivity contribution in [1.29, 1.82) is 0 Å². The Balaban J connectivity index is 1.85. The van der Waals surface area contributed by atoms with Crippen LogP contribution in [-0.4, -0.2) is 13.2 Å². The molecule has 1 aliphatic rings. The molecule has 1 heterocycles. The number of halogens is 3. The maximum absolute atomic E-state index is 13.2. The van der Waals surface area contributed by atoms with Crippen LogP contribution >= 0.6 is 11.6 Å². The third-order valence-corrected chi connectivity index (χ3v) is 3.72. The fourth-order valence-corrected chi connectivity index (χ4v) is 2.68. The third kappa shape index (κ3) is 2.95. The van der Waals surface area contributed by atoms with Crippen LogP contribution in [0.5, 0.6) is 11.5 Å². The summed E-state index contributed by atoms with van der Waals surface area (Å²) in [6.07, 6.45) is 0.374. The zero-order valence-corrected chi connectivity index (χ0v) is 11.9. The predicted molar refractivity (Wildman–Crippen MR) is 76.1 cm³/mol. The molecule has 2 aromatic carbocycles. The summed E-state index contributed by atoms with van der Waals surface area (Å²) in [6, 6.07) is 9.31. The molecular weight excluding hydrogens is 298 g/mol. The Hall–Kier alpha value is -1.81. The van der Waals surface area contributed by atoms with E-state index in [9.17, 15) is 8.78 Å². The molecule has 0 bridgehead atoms. The van der Waals surface area contributed by atoms with E-state index in [2.05, 4.69) is 0 Å². The van der Waals surface area contributed by atoms with Gasteiger partial charge in [-0.1, -0.05) is 18.2 Å². The maximum Gasteiger partial charge on any atom is 0.166 e. The fourth-order valence-electron chi connectivity index (χ4n) is 2.33. The molecule has 0 amide bonds. The van der Waals surface area contributed by atoms with Gasteiger partial charge in [-0.15, -0.1) is 11.6 Å². The minimum atomic E-state index is -0.869. The second-order valence-electron chi connectivity index (χ2n) is 4.79.